The number of carbonyl (C=O) groups excluding carboxylic acids is 2. The lowest BCUT2D eigenvalue weighted by Gasteiger charge is -2.10. The number of amides is 2. The average molecular weight is 288 g/mol. The molecule has 1 aromatic heterocycles. The highest BCUT2D eigenvalue weighted by atomic mass is 32.1. The lowest BCUT2D eigenvalue weighted by molar-refractivity contribution is 0.0827. The van der Waals surface area contributed by atoms with Crippen LogP contribution in [0.3, 0.4) is 0 Å². The maximum absolute atomic E-state index is 12.0. The van der Waals surface area contributed by atoms with Crippen LogP contribution in [-0.2, 0) is 0 Å². The van der Waals surface area contributed by atoms with Gasteiger partial charge in [0.1, 0.15) is 0 Å². The van der Waals surface area contributed by atoms with Crippen LogP contribution in [-0.4, -0.2) is 30.8 Å². The van der Waals surface area contributed by atoms with Crippen LogP contribution >= 0.6 is 11.3 Å². The van der Waals surface area contributed by atoms with E-state index in [4.69, 9.17) is 0 Å². The molecule has 1 N–H and O–H groups in total. The molecule has 0 aliphatic heterocycles. The number of nitrogens with one attached hydrogen (secondary N) is 1. The summed E-state index contributed by atoms with van der Waals surface area (Å²) in [5.41, 5.74) is 1.27. The van der Waals surface area contributed by atoms with E-state index < -0.39 is 0 Å². The molecule has 0 aliphatic carbocycles. The van der Waals surface area contributed by atoms with Gasteiger partial charge in [-0.15, -0.1) is 11.3 Å². The topological polar surface area (TPSA) is 49.4 Å². The Bertz CT molecular complexity index is 630. The van der Waals surface area contributed by atoms with Crippen molar-refractivity contribution in [2.24, 2.45) is 0 Å². The number of anilines is 1. The van der Waals surface area contributed by atoms with E-state index in [1.54, 1.807) is 44.4 Å². The number of hydrogen-bond acceptors (Lipinski definition) is 3. The fourth-order valence-electron chi connectivity index (χ4n) is 1.70. The summed E-state index contributed by atoms with van der Waals surface area (Å²) in [6.07, 6.45) is 0. The molecule has 0 atom stereocenters. The van der Waals surface area contributed by atoms with Crippen LogP contribution in [0.4, 0.5) is 5.69 Å². The second-order valence-electron chi connectivity index (χ2n) is 4.64. The largest absolute Gasteiger partial charge is 0.345 e. The Labute approximate surface area is 122 Å². The van der Waals surface area contributed by atoms with Gasteiger partial charge in [-0.05, 0) is 43.3 Å². The summed E-state index contributed by atoms with van der Waals surface area (Å²) in [6.45, 7) is 1.96. The van der Waals surface area contributed by atoms with Gasteiger partial charge in [0.2, 0.25) is 0 Å². The first-order chi connectivity index (χ1) is 9.47. The van der Waals surface area contributed by atoms with E-state index in [-0.39, 0.29) is 11.8 Å². The van der Waals surface area contributed by atoms with Crippen molar-refractivity contribution in [3.63, 3.8) is 0 Å². The first-order valence-electron chi connectivity index (χ1n) is 6.17. The average Bonchev–Trinajstić information content (AvgIpc) is 2.85. The van der Waals surface area contributed by atoms with Crippen LogP contribution in [0, 0.1) is 6.92 Å². The quantitative estimate of drug-likeness (QED) is 0.944. The van der Waals surface area contributed by atoms with Crippen LogP contribution in [0.1, 0.15) is 24.9 Å². The molecular weight excluding hydrogens is 272 g/mol. The van der Waals surface area contributed by atoms with E-state index >= 15 is 0 Å². The minimum Gasteiger partial charge on any atom is -0.345 e. The molecule has 0 fully saturated rings. The van der Waals surface area contributed by atoms with Crippen LogP contribution in [0.25, 0.3) is 0 Å². The van der Waals surface area contributed by atoms with E-state index in [0.717, 1.165) is 4.88 Å². The van der Waals surface area contributed by atoms with Gasteiger partial charge >= 0.3 is 0 Å². The van der Waals surface area contributed by atoms with E-state index in [2.05, 4.69) is 5.32 Å². The number of aryl methyl sites for hydroxylation is 1. The molecule has 0 aliphatic rings. The molecule has 2 rings (SSSR count). The number of carbonyl (C=O) groups is 2. The van der Waals surface area contributed by atoms with Crippen molar-refractivity contribution in [2.75, 3.05) is 19.4 Å². The zero-order chi connectivity index (χ0) is 14.7. The van der Waals surface area contributed by atoms with Crippen LogP contribution in [0.2, 0.25) is 0 Å². The van der Waals surface area contributed by atoms with Gasteiger partial charge < -0.3 is 10.2 Å². The maximum atomic E-state index is 12.0. The summed E-state index contributed by atoms with van der Waals surface area (Å²) in [7, 11) is 3.41. The molecule has 1 heterocycles. The van der Waals surface area contributed by atoms with Gasteiger partial charge in [-0.25, -0.2) is 0 Å². The van der Waals surface area contributed by atoms with Gasteiger partial charge in [-0.3, -0.25) is 9.59 Å². The predicted octanol–water partition coefficient (Wildman–Crippen LogP) is 3.01. The highest BCUT2D eigenvalue weighted by Crippen LogP contribution is 2.17. The molecule has 104 valence electrons. The second kappa shape index (κ2) is 5.88. The third-order valence-corrected chi connectivity index (χ3v) is 3.76. The van der Waals surface area contributed by atoms with Crippen LogP contribution < -0.4 is 5.32 Å². The smallest absolute Gasteiger partial charge is 0.265 e. The van der Waals surface area contributed by atoms with Crippen molar-refractivity contribution in [1.82, 2.24) is 4.90 Å². The number of rotatable bonds is 3. The summed E-state index contributed by atoms with van der Waals surface area (Å²) in [5, 5.41) is 2.81. The number of hydrogen-bond donors (Lipinski definition) is 1. The summed E-state index contributed by atoms with van der Waals surface area (Å²) in [5.74, 6) is -0.188. The lowest BCUT2D eigenvalue weighted by Crippen LogP contribution is -2.21. The van der Waals surface area contributed by atoms with Gasteiger partial charge in [-0.1, -0.05) is 0 Å². The van der Waals surface area contributed by atoms with Gasteiger partial charge in [-0.2, -0.15) is 0 Å². The number of thiophene rings is 1. The zero-order valence-corrected chi connectivity index (χ0v) is 12.5. The third kappa shape index (κ3) is 3.24. The molecule has 0 saturated heterocycles. The summed E-state index contributed by atoms with van der Waals surface area (Å²) >= 11 is 1.45. The molecule has 0 saturated carbocycles. The van der Waals surface area contributed by atoms with Gasteiger partial charge in [0.15, 0.2) is 0 Å². The fourth-order valence-corrected chi connectivity index (χ4v) is 2.47. The Hall–Kier alpha value is -2.14. The first-order valence-corrected chi connectivity index (χ1v) is 6.98. The van der Waals surface area contributed by atoms with Crippen molar-refractivity contribution in [2.45, 2.75) is 6.92 Å². The summed E-state index contributed by atoms with van der Waals surface area (Å²) in [4.78, 5) is 27.0. The van der Waals surface area contributed by atoms with Gasteiger partial charge in [0.25, 0.3) is 11.8 Å². The molecule has 1 aromatic carbocycles. The Morgan fingerprint density at radius 2 is 1.70 bits per heavy atom. The molecule has 0 unspecified atom stereocenters. The molecule has 0 bridgehead atoms. The minimum absolute atomic E-state index is 0.0586. The minimum atomic E-state index is -0.130. The van der Waals surface area contributed by atoms with Crippen LogP contribution in [0.15, 0.2) is 36.4 Å². The Kier molecular flexibility index (Phi) is 4.20. The molecule has 20 heavy (non-hydrogen) atoms. The predicted molar refractivity (Wildman–Crippen MR) is 81.5 cm³/mol. The van der Waals surface area contributed by atoms with Crippen molar-refractivity contribution < 1.29 is 9.59 Å². The fraction of sp³-hybridized carbons (Fsp3) is 0.200. The lowest BCUT2D eigenvalue weighted by atomic mass is 10.2. The van der Waals surface area contributed by atoms with Gasteiger partial charge in [0, 0.05) is 30.2 Å². The molecule has 0 radical (unpaired) electrons. The van der Waals surface area contributed by atoms with E-state index in [0.29, 0.717) is 16.1 Å². The SMILES string of the molecule is Cc1ccc(C(=O)Nc2ccc(C(=O)N(C)C)cc2)s1. The van der Waals surface area contributed by atoms with Crippen molar-refractivity contribution in [3.05, 3.63) is 51.7 Å². The Balaban J connectivity index is 2.07. The van der Waals surface area contributed by atoms with Crippen molar-refractivity contribution in [1.29, 1.82) is 0 Å². The van der Waals surface area contributed by atoms with Gasteiger partial charge in [0.05, 0.1) is 4.88 Å². The third-order valence-electron chi connectivity index (χ3n) is 2.76. The molecule has 2 aromatic rings. The molecule has 5 heteroatoms. The molecular formula is C15H16N2O2S. The maximum Gasteiger partial charge on any atom is 0.265 e. The highest BCUT2D eigenvalue weighted by Gasteiger charge is 2.10. The molecule has 4 nitrogen and oxygen atoms in total. The monoisotopic (exact) mass is 288 g/mol. The Morgan fingerprint density at radius 3 is 2.20 bits per heavy atom. The van der Waals surface area contributed by atoms with E-state index in [9.17, 15) is 9.59 Å². The van der Waals surface area contributed by atoms with Crippen LogP contribution in [0.5, 0.6) is 0 Å². The number of nitrogens with zero attached hydrogens (tertiary/aromatic N) is 1. The van der Waals surface area contributed by atoms with Crippen molar-refractivity contribution >= 4 is 28.8 Å². The second-order valence-corrected chi connectivity index (χ2v) is 5.93. The van der Waals surface area contributed by atoms with Crippen molar-refractivity contribution in [3.8, 4) is 0 Å². The summed E-state index contributed by atoms with van der Waals surface area (Å²) < 4.78 is 0. The standard InChI is InChI=1S/C15H16N2O2S/c1-10-4-9-13(20-10)14(18)16-12-7-5-11(6-8-12)15(19)17(2)3/h4-9H,1-3H3,(H,16,18). The highest BCUT2D eigenvalue weighted by molar-refractivity contribution is 7.14. The Morgan fingerprint density at radius 1 is 1.05 bits per heavy atom. The first kappa shape index (κ1) is 14.3. The molecule has 0 spiro atoms. The molecule has 2 amide bonds. The van der Waals surface area contributed by atoms with E-state index in [1.807, 2.05) is 13.0 Å². The van der Waals surface area contributed by atoms with E-state index in [1.165, 1.54) is 16.2 Å². The zero-order valence-electron chi connectivity index (χ0n) is 11.6. The summed E-state index contributed by atoms with van der Waals surface area (Å²) in [6, 6.07) is 10.6. The normalized spacial score (nSPS) is 10.2. The number of benzene rings is 1.